The lowest BCUT2D eigenvalue weighted by Gasteiger charge is -2.40. The van der Waals surface area contributed by atoms with Gasteiger partial charge in [0.2, 0.25) is 0 Å². The number of piperidine rings is 1. The predicted molar refractivity (Wildman–Crippen MR) is 45.3 cm³/mol. The van der Waals surface area contributed by atoms with Gasteiger partial charge >= 0.3 is 0 Å². The molecule has 1 aliphatic heterocycles. The van der Waals surface area contributed by atoms with Crippen molar-refractivity contribution in [3.63, 3.8) is 0 Å². The summed E-state index contributed by atoms with van der Waals surface area (Å²) < 4.78 is 0. The van der Waals surface area contributed by atoms with Crippen LogP contribution in [0.2, 0.25) is 0 Å². The van der Waals surface area contributed by atoms with Gasteiger partial charge in [0.25, 0.3) is 0 Å². The third-order valence-electron chi connectivity index (χ3n) is 2.73. The molecular formula is C8H18N2O. The monoisotopic (exact) mass is 158 g/mol. The van der Waals surface area contributed by atoms with Crippen molar-refractivity contribution < 1.29 is 5.11 Å². The van der Waals surface area contributed by atoms with Gasteiger partial charge in [-0.1, -0.05) is 0 Å². The zero-order valence-electron chi connectivity index (χ0n) is 7.38. The van der Waals surface area contributed by atoms with Crippen molar-refractivity contribution in [1.82, 2.24) is 4.90 Å². The molecule has 11 heavy (non-hydrogen) atoms. The van der Waals surface area contributed by atoms with E-state index < -0.39 is 0 Å². The highest BCUT2D eigenvalue weighted by molar-refractivity contribution is 4.92. The summed E-state index contributed by atoms with van der Waals surface area (Å²) in [5.41, 5.74) is 5.62. The average Bonchev–Trinajstić information content (AvgIpc) is 1.98. The van der Waals surface area contributed by atoms with E-state index in [1.807, 2.05) is 0 Å². The zero-order valence-corrected chi connectivity index (χ0v) is 7.38. The number of aliphatic hydroxyl groups excluding tert-OH is 1. The van der Waals surface area contributed by atoms with Gasteiger partial charge in [0, 0.05) is 11.6 Å². The first-order valence-corrected chi connectivity index (χ1v) is 4.17. The quantitative estimate of drug-likeness (QED) is 0.555. The highest BCUT2D eigenvalue weighted by atomic mass is 16.3. The molecule has 1 saturated heterocycles. The number of hydrogen-bond acceptors (Lipinski definition) is 3. The number of nitrogens with zero attached hydrogens (tertiary/aromatic N) is 1. The van der Waals surface area contributed by atoms with Gasteiger partial charge in [-0.3, -0.25) is 0 Å². The molecule has 2 unspecified atom stereocenters. The Labute approximate surface area is 68.2 Å². The van der Waals surface area contributed by atoms with Crippen LogP contribution in [0.5, 0.6) is 0 Å². The predicted octanol–water partition coefficient (Wildman–Crippen LogP) is -0.210. The van der Waals surface area contributed by atoms with Gasteiger partial charge in [0.1, 0.15) is 0 Å². The Bertz CT molecular complexity index is 140. The Kier molecular flexibility index (Phi) is 2.52. The maximum atomic E-state index is 9.01. The van der Waals surface area contributed by atoms with Crippen LogP contribution in [0, 0.1) is 0 Å². The highest BCUT2D eigenvalue weighted by Crippen LogP contribution is 2.22. The van der Waals surface area contributed by atoms with Gasteiger partial charge in [-0.2, -0.15) is 0 Å². The second kappa shape index (κ2) is 3.09. The molecular weight excluding hydrogens is 140 g/mol. The van der Waals surface area contributed by atoms with Crippen LogP contribution in [-0.4, -0.2) is 41.8 Å². The van der Waals surface area contributed by atoms with Crippen LogP contribution in [0.15, 0.2) is 0 Å². The lowest BCUT2D eigenvalue weighted by atomic mass is 9.86. The highest BCUT2D eigenvalue weighted by Gasteiger charge is 2.32. The molecule has 0 aliphatic carbocycles. The molecule has 0 aromatic carbocycles. The third-order valence-corrected chi connectivity index (χ3v) is 2.73. The van der Waals surface area contributed by atoms with Gasteiger partial charge in [-0.15, -0.1) is 0 Å². The molecule has 3 heteroatoms. The van der Waals surface area contributed by atoms with Crippen molar-refractivity contribution in [3.8, 4) is 0 Å². The minimum Gasteiger partial charge on any atom is -0.394 e. The van der Waals surface area contributed by atoms with Crippen LogP contribution < -0.4 is 5.73 Å². The van der Waals surface area contributed by atoms with Crippen LogP contribution >= 0.6 is 0 Å². The van der Waals surface area contributed by atoms with Crippen molar-refractivity contribution >= 4 is 0 Å². The topological polar surface area (TPSA) is 49.5 Å². The maximum Gasteiger partial charge on any atom is 0.0612 e. The Balaban J connectivity index is 2.51. The molecule has 0 bridgehead atoms. The molecule has 0 aromatic heterocycles. The summed E-state index contributed by atoms with van der Waals surface area (Å²) in [6.45, 7) is 3.26. The number of rotatable bonds is 1. The molecule has 0 radical (unpaired) electrons. The van der Waals surface area contributed by atoms with E-state index in [1.54, 1.807) is 0 Å². The summed E-state index contributed by atoms with van der Waals surface area (Å²) >= 11 is 0. The summed E-state index contributed by atoms with van der Waals surface area (Å²) in [5, 5.41) is 9.01. The molecule has 0 spiro atoms. The van der Waals surface area contributed by atoms with E-state index in [9.17, 15) is 0 Å². The Hall–Kier alpha value is -0.120. The fourth-order valence-electron chi connectivity index (χ4n) is 1.61. The Morgan fingerprint density at radius 1 is 1.73 bits per heavy atom. The van der Waals surface area contributed by atoms with E-state index in [4.69, 9.17) is 10.8 Å². The first kappa shape index (κ1) is 8.97. The van der Waals surface area contributed by atoms with Crippen LogP contribution in [0.1, 0.15) is 19.8 Å². The molecule has 1 rings (SSSR count). The molecule has 1 aliphatic rings. The minimum absolute atomic E-state index is 0.116. The number of aliphatic hydroxyl groups is 1. The number of likely N-dealkylation sites (tertiary alicyclic amines) is 1. The summed E-state index contributed by atoms with van der Waals surface area (Å²) in [6, 6.07) is 0.501. The average molecular weight is 158 g/mol. The van der Waals surface area contributed by atoms with Gasteiger partial charge in [-0.05, 0) is 33.4 Å². The van der Waals surface area contributed by atoms with E-state index >= 15 is 0 Å². The third kappa shape index (κ3) is 1.92. The lowest BCUT2D eigenvalue weighted by molar-refractivity contribution is 0.0848. The van der Waals surface area contributed by atoms with E-state index in [1.165, 1.54) is 0 Å². The first-order valence-electron chi connectivity index (χ1n) is 4.17. The van der Waals surface area contributed by atoms with Crippen LogP contribution in [-0.2, 0) is 0 Å². The largest absolute Gasteiger partial charge is 0.394 e. The lowest BCUT2D eigenvalue weighted by Crippen LogP contribution is -2.55. The van der Waals surface area contributed by atoms with Crippen molar-refractivity contribution in [3.05, 3.63) is 0 Å². The van der Waals surface area contributed by atoms with Crippen LogP contribution in [0.3, 0.4) is 0 Å². The van der Waals surface area contributed by atoms with Crippen molar-refractivity contribution in [1.29, 1.82) is 0 Å². The fourth-order valence-corrected chi connectivity index (χ4v) is 1.61. The second-order valence-corrected chi connectivity index (χ2v) is 3.80. The Morgan fingerprint density at radius 2 is 2.36 bits per heavy atom. The molecule has 3 nitrogen and oxygen atoms in total. The standard InChI is InChI=1S/C8H18N2O/c1-7-5-8(9,6-11)3-4-10(7)2/h7,11H,3-6,9H2,1-2H3. The molecule has 0 amide bonds. The first-order chi connectivity index (χ1) is 5.07. The minimum atomic E-state index is -0.314. The van der Waals surface area contributed by atoms with Gasteiger partial charge in [-0.25, -0.2) is 0 Å². The van der Waals surface area contributed by atoms with Crippen molar-refractivity contribution in [2.24, 2.45) is 5.73 Å². The molecule has 3 N–H and O–H groups in total. The van der Waals surface area contributed by atoms with Crippen LogP contribution in [0.4, 0.5) is 0 Å². The summed E-state index contributed by atoms with van der Waals surface area (Å²) in [6.07, 6.45) is 1.81. The smallest absolute Gasteiger partial charge is 0.0612 e. The van der Waals surface area contributed by atoms with Gasteiger partial charge in [0.05, 0.1) is 6.61 Å². The van der Waals surface area contributed by atoms with E-state index in [0.717, 1.165) is 19.4 Å². The Morgan fingerprint density at radius 3 is 2.82 bits per heavy atom. The summed E-state index contributed by atoms with van der Waals surface area (Å²) in [7, 11) is 2.10. The maximum absolute atomic E-state index is 9.01. The normalized spacial score (nSPS) is 40.9. The number of nitrogens with two attached hydrogens (primary N) is 1. The second-order valence-electron chi connectivity index (χ2n) is 3.80. The van der Waals surface area contributed by atoms with Crippen LogP contribution in [0.25, 0.3) is 0 Å². The van der Waals surface area contributed by atoms with E-state index in [-0.39, 0.29) is 12.1 Å². The van der Waals surface area contributed by atoms with Crippen molar-refractivity contribution in [2.75, 3.05) is 20.2 Å². The number of hydrogen-bond donors (Lipinski definition) is 2. The molecule has 66 valence electrons. The molecule has 2 atom stereocenters. The van der Waals surface area contributed by atoms with Gasteiger partial charge < -0.3 is 15.7 Å². The molecule has 0 aromatic rings. The summed E-state index contributed by atoms with van der Waals surface area (Å²) in [5.74, 6) is 0. The van der Waals surface area contributed by atoms with E-state index in [0.29, 0.717) is 6.04 Å². The fraction of sp³-hybridized carbons (Fsp3) is 1.00. The van der Waals surface area contributed by atoms with Crippen molar-refractivity contribution in [2.45, 2.75) is 31.3 Å². The molecule has 1 heterocycles. The molecule has 0 saturated carbocycles. The van der Waals surface area contributed by atoms with Gasteiger partial charge in [0.15, 0.2) is 0 Å². The van der Waals surface area contributed by atoms with E-state index in [2.05, 4.69) is 18.9 Å². The summed E-state index contributed by atoms with van der Waals surface area (Å²) in [4.78, 5) is 2.28. The molecule has 1 fully saturated rings. The SMILES string of the molecule is CC1CC(N)(CO)CCN1C. The zero-order chi connectivity index (χ0) is 8.48.